The van der Waals surface area contributed by atoms with Crippen molar-refractivity contribution < 1.29 is 9.59 Å². The molecular weight excluding hydrogens is 312 g/mol. The summed E-state index contributed by atoms with van der Waals surface area (Å²) in [7, 11) is 0. The van der Waals surface area contributed by atoms with E-state index < -0.39 is 0 Å². The molecule has 1 atom stereocenters. The summed E-state index contributed by atoms with van der Waals surface area (Å²) in [6.45, 7) is 1.54. The van der Waals surface area contributed by atoms with Gasteiger partial charge in [-0.1, -0.05) is 55.0 Å². The van der Waals surface area contributed by atoms with Gasteiger partial charge in [-0.05, 0) is 30.5 Å². The van der Waals surface area contributed by atoms with Crippen LogP contribution in [0.3, 0.4) is 0 Å². The lowest BCUT2D eigenvalue weighted by molar-refractivity contribution is -0.130. The molecule has 2 aromatic rings. The number of benzene rings is 2. The number of carbonyl (C=O) groups excluding carboxylic acids is 2. The van der Waals surface area contributed by atoms with E-state index in [-0.39, 0.29) is 18.4 Å². The molecule has 25 heavy (non-hydrogen) atoms. The molecule has 0 aromatic heterocycles. The highest BCUT2D eigenvalue weighted by molar-refractivity contribution is 5.96. The second-order valence-corrected chi connectivity index (χ2v) is 6.49. The van der Waals surface area contributed by atoms with E-state index in [0.29, 0.717) is 11.5 Å². The van der Waals surface area contributed by atoms with E-state index in [1.165, 1.54) is 5.56 Å². The van der Waals surface area contributed by atoms with E-state index in [2.05, 4.69) is 17.4 Å². The first-order valence-corrected chi connectivity index (χ1v) is 8.90. The Bertz CT molecular complexity index is 700. The first kappa shape index (κ1) is 17.2. The third-order valence-corrected chi connectivity index (χ3v) is 4.73. The Labute approximate surface area is 148 Å². The molecule has 130 valence electrons. The molecule has 1 aliphatic heterocycles. The summed E-state index contributed by atoms with van der Waals surface area (Å²) in [5, 5.41) is 2.74. The lowest BCUT2D eigenvalue weighted by Crippen LogP contribution is -2.41. The summed E-state index contributed by atoms with van der Waals surface area (Å²) in [6, 6.07) is 19.4. The number of likely N-dealkylation sites (tertiary alicyclic amines) is 1. The zero-order valence-corrected chi connectivity index (χ0v) is 14.4. The standard InChI is InChI=1S/C21H24N2O2/c24-20(15-22-21(25)18-11-5-2-6-12-18)23-14-8-7-13-19(16-23)17-9-3-1-4-10-17/h1-6,9-12,19H,7-8,13-16H2,(H,22,25). The maximum absolute atomic E-state index is 12.6. The van der Waals surface area contributed by atoms with Crippen LogP contribution < -0.4 is 5.32 Å². The van der Waals surface area contributed by atoms with Gasteiger partial charge in [0.25, 0.3) is 5.91 Å². The molecule has 2 aromatic carbocycles. The molecule has 1 fully saturated rings. The molecule has 2 amide bonds. The highest BCUT2D eigenvalue weighted by Gasteiger charge is 2.23. The molecule has 4 heteroatoms. The van der Waals surface area contributed by atoms with Gasteiger partial charge < -0.3 is 10.2 Å². The average molecular weight is 336 g/mol. The number of amides is 2. The Morgan fingerprint density at radius 2 is 1.64 bits per heavy atom. The summed E-state index contributed by atoms with van der Waals surface area (Å²) in [5.41, 5.74) is 1.86. The zero-order valence-electron chi connectivity index (χ0n) is 14.4. The molecule has 0 bridgehead atoms. The van der Waals surface area contributed by atoms with Crippen LogP contribution in [0.1, 0.15) is 41.1 Å². The van der Waals surface area contributed by atoms with Gasteiger partial charge in [-0.25, -0.2) is 0 Å². The minimum absolute atomic E-state index is 0.00730. The van der Waals surface area contributed by atoms with E-state index in [9.17, 15) is 9.59 Å². The number of rotatable bonds is 4. The maximum Gasteiger partial charge on any atom is 0.251 e. The first-order chi connectivity index (χ1) is 12.2. The van der Waals surface area contributed by atoms with Crippen molar-refractivity contribution >= 4 is 11.8 Å². The second-order valence-electron chi connectivity index (χ2n) is 6.49. The van der Waals surface area contributed by atoms with Crippen LogP contribution >= 0.6 is 0 Å². The van der Waals surface area contributed by atoms with Crippen LogP contribution in [0, 0.1) is 0 Å². The van der Waals surface area contributed by atoms with Crippen molar-refractivity contribution in [2.24, 2.45) is 0 Å². The van der Waals surface area contributed by atoms with Gasteiger partial charge in [0.2, 0.25) is 5.91 Å². The summed E-state index contributed by atoms with van der Waals surface area (Å²) < 4.78 is 0. The predicted octanol–water partition coefficient (Wildman–Crippen LogP) is 3.21. The van der Waals surface area contributed by atoms with E-state index in [1.807, 2.05) is 41.3 Å². The van der Waals surface area contributed by atoms with Gasteiger partial charge >= 0.3 is 0 Å². The quantitative estimate of drug-likeness (QED) is 0.932. The Kier molecular flexibility index (Phi) is 5.83. The number of nitrogens with zero attached hydrogens (tertiary/aromatic N) is 1. The third kappa shape index (κ3) is 4.69. The molecule has 0 aliphatic carbocycles. The van der Waals surface area contributed by atoms with Crippen molar-refractivity contribution in [2.45, 2.75) is 25.2 Å². The predicted molar refractivity (Wildman–Crippen MR) is 98.4 cm³/mol. The van der Waals surface area contributed by atoms with Gasteiger partial charge in [-0.2, -0.15) is 0 Å². The minimum atomic E-state index is -0.205. The first-order valence-electron chi connectivity index (χ1n) is 8.90. The van der Waals surface area contributed by atoms with Crippen LogP contribution in [0.5, 0.6) is 0 Å². The van der Waals surface area contributed by atoms with Crippen LogP contribution in [0.4, 0.5) is 0 Å². The average Bonchev–Trinajstić information content (AvgIpc) is 2.93. The molecule has 3 rings (SSSR count). The lowest BCUT2D eigenvalue weighted by atomic mass is 9.94. The van der Waals surface area contributed by atoms with Gasteiger partial charge in [-0.3, -0.25) is 9.59 Å². The number of hydrogen-bond acceptors (Lipinski definition) is 2. The number of nitrogens with one attached hydrogen (secondary N) is 1. The molecule has 4 nitrogen and oxygen atoms in total. The normalized spacial score (nSPS) is 17.6. The monoisotopic (exact) mass is 336 g/mol. The molecule has 0 saturated carbocycles. The van der Waals surface area contributed by atoms with Crippen LogP contribution in [0.25, 0.3) is 0 Å². The summed E-state index contributed by atoms with van der Waals surface area (Å²) in [6.07, 6.45) is 3.24. The Morgan fingerprint density at radius 3 is 2.36 bits per heavy atom. The molecule has 0 radical (unpaired) electrons. The van der Waals surface area contributed by atoms with Gasteiger partial charge in [-0.15, -0.1) is 0 Å². The van der Waals surface area contributed by atoms with Crippen molar-refractivity contribution in [3.05, 3.63) is 71.8 Å². The molecular formula is C21H24N2O2. The minimum Gasteiger partial charge on any atom is -0.343 e. The van der Waals surface area contributed by atoms with Crippen LogP contribution in [0.2, 0.25) is 0 Å². The second kappa shape index (κ2) is 8.47. The summed E-state index contributed by atoms with van der Waals surface area (Å²) in [5.74, 6) is 0.160. The highest BCUT2D eigenvalue weighted by Crippen LogP contribution is 2.26. The smallest absolute Gasteiger partial charge is 0.251 e. The van der Waals surface area contributed by atoms with Crippen LogP contribution in [-0.4, -0.2) is 36.3 Å². The summed E-state index contributed by atoms with van der Waals surface area (Å²) >= 11 is 0. The van der Waals surface area contributed by atoms with Crippen LogP contribution in [0.15, 0.2) is 60.7 Å². The molecule has 1 aliphatic rings. The van der Waals surface area contributed by atoms with Crippen molar-refractivity contribution in [1.82, 2.24) is 10.2 Å². The Morgan fingerprint density at radius 1 is 0.960 bits per heavy atom. The Balaban J connectivity index is 1.58. The zero-order chi connectivity index (χ0) is 17.5. The molecule has 1 unspecified atom stereocenters. The van der Waals surface area contributed by atoms with E-state index in [4.69, 9.17) is 0 Å². The molecule has 1 N–H and O–H groups in total. The van der Waals surface area contributed by atoms with E-state index in [0.717, 1.165) is 32.4 Å². The fraction of sp³-hybridized carbons (Fsp3) is 0.333. The fourth-order valence-corrected chi connectivity index (χ4v) is 3.33. The Hall–Kier alpha value is -2.62. The maximum atomic E-state index is 12.6. The van der Waals surface area contributed by atoms with Crippen molar-refractivity contribution in [3.8, 4) is 0 Å². The van der Waals surface area contributed by atoms with Gasteiger partial charge in [0, 0.05) is 24.6 Å². The van der Waals surface area contributed by atoms with Crippen molar-refractivity contribution in [3.63, 3.8) is 0 Å². The van der Waals surface area contributed by atoms with Crippen LogP contribution in [-0.2, 0) is 4.79 Å². The third-order valence-electron chi connectivity index (χ3n) is 4.73. The number of hydrogen-bond donors (Lipinski definition) is 1. The SMILES string of the molecule is O=C(NCC(=O)N1CCCCC(c2ccccc2)C1)c1ccccc1. The molecule has 0 spiro atoms. The topological polar surface area (TPSA) is 49.4 Å². The fourth-order valence-electron chi connectivity index (χ4n) is 3.33. The van der Waals surface area contributed by atoms with Crippen molar-refractivity contribution in [1.29, 1.82) is 0 Å². The lowest BCUT2D eigenvalue weighted by Gasteiger charge is -2.25. The summed E-state index contributed by atoms with van der Waals surface area (Å²) in [4.78, 5) is 26.6. The molecule has 1 heterocycles. The van der Waals surface area contributed by atoms with Gasteiger partial charge in [0.15, 0.2) is 0 Å². The van der Waals surface area contributed by atoms with Gasteiger partial charge in [0.1, 0.15) is 0 Å². The largest absolute Gasteiger partial charge is 0.343 e. The number of carbonyl (C=O) groups is 2. The van der Waals surface area contributed by atoms with Crippen molar-refractivity contribution in [2.75, 3.05) is 19.6 Å². The van der Waals surface area contributed by atoms with E-state index >= 15 is 0 Å². The van der Waals surface area contributed by atoms with E-state index in [1.54, 1.807) is 12.1 Å². The van der Waals surface area contributed by atoms with Gasteiger partial charge in [0.05, 0.1) is 6.54 Å². The highest BCUT2D eigenvalue weighted by atomic mass is 16.2. The molecule has 1 saturated heterocycles.